The van der Waals surface area contributed by atoms with E-state index in [-0.39, 0.29) is 0 Å². The van der Waals surface area contributed by atoms with Crippen molar-refractivity contribution in [2.75, 3.05) is 11.5 Å². The summed E-state index contributed by atoms with van der Waals surface area (Å²) in [5.74, 6) is 0. The predicted octanol–water partition coefficient (Wildman–Crippen LogP) is 4.11. The lowest BCUT2D eigenvalue weighted by Crippen LogP contribution is -1.94. The first kappa shape index (κ1) is 13.3. The fourth-order valence-electron chi connectivity index (χ4n) is 2.52. The highest BCUT2D eigenvalue weighted by Crippen LogP contribution is 2.28. The molecular formula is C19H18N2. The molecule has 4 N–H and O–H groups in total. The molecule has 0 saturated carbocycles. The lowest BCUT2D eigenvalue weighted by Gasteiger charge is -2.09. The maximum absolute atomic E-state index is 6.08. The minimum atomic E-state index is 0.691. The summed E-state index contributed by atoms with van der Waals surface area (Å²) in [6.07, 6.45) is 0.920. The molecule has 3 rings (SSSR count). The second-order valence-corrected chi connectivity index (χ2v) is 5.21. The van der Waals surface area contributed by atoms with Crippen LogP contribution in [0.4, 0.5) is 11.4 Å². The topological polar surface area (TPSA) is 52.0 Å². The highest BCUT2D eigenvalue weighted by Gasteiger charge is 2.04. The van der Waals surface area contributed by atoms with Gasteiger partial charge in [0.25, 0.3) is 0 Å². The molecule has 2 nitrogen and oxygen atoms in total. The average molecular weight is 274 g/mol. The molecule has 21 heavy (non-hydrogen) atoms. The molecule has 0 aliphatic rings. The Kier molecular flexibility index (Phi) is 3.61. The number of anilines is 2. The minimum Gasteiger partial charge on any atom is -0.399 e. The van der Waals surface area contributed by atoms with E-state index in [0.717, 1.165) is 17.5 Å². The minimum absolute atomic E-state index is 0.691. The van der Waals surface area contributed by atoms with Gasteiger partial charge in [-0.3, -0.25) is 0 Å². The van der Waals surface area contributed by atoms with Gasteiger partial charge in [-0.25, -0.2) is 0 Å². The average Bonchev–Trinajstić information content (AvgIpc) is 2.48. The highest BCUT2D eigenvalue weighted by atomic mass is 14.6. The quantitative estimate of drug-likeness (QED) is 0.706. The number of rotatable bonds is 3. The van der Waals surface area contributed by atoms with Gasteiger partial charge in [0.05, 0.1) is 0 Å². The molecule has 0 fully saturated rings. The van der Waals surface area contributed by atoms with Gasteiger partial charge in [-0.15, -0.1) is 0 Å². The third kappa shape index (κ3) is 3.06. The zero-order chi connectivity index (χ0) is 14.7. The highest BCUT2D eigenvalue weighted by molar-refractivity contribution is 5.79. The molecule has 0 saturated heterocycles. The standard InChI is InChI=1S/C19H18N2/c20-17-9-10-18(19(21)13-17)16-8-4-7-15(12-16)11-14-5-2-1-3-6-14/h1-10,12-13H,11,20-21H2. The third-order valence-electron chi connectivity index (χ3n) is 3.56. The van der Waals surface area contributed by atoms with Gasteiger partial charge in [-0.1, -0.05) is 60.7 Å². The Morgan fingerprint density at radius 2 is 1.43 bits per heavy atom. The van der Waals surface area contributed by atoms with Gasteiger partial charge >= 0.3 is 0 Å². The van der Waals surface area contributed by atoms with Gasteiger partial charge in [-0.2, -0.15) is 0 Å². The number of nitrogen functional groups attached to an aromatic ring is 2. The van der Waals surface area contributed by atoms with E-state index in [1.807, 2.05) is 18.2 Å². The molecule has 104 valence electrons. The van der Waals surface area contributed by atoms with Crippen LogP contribution in [-0.2, 0) is 6.42 Å². The number of hydrogen-bond acceptors (Lipinski definition) is 2. The number of benzene rings is 3. The summed E-state index contributed by atoms with van der Waals surface area (Å²) < 4.78 is 0. The Hall–Kier alpha value is -2.74. The van der Waals surface area contributed by atoms with E-state index in [4.69, 9.17) is 11.5 Å². The largest absolute Gasteiger partial charge is 0.399 e. The molecule has 0 aliphatic carbocycles. The van der Waals surface area contributed by atoms with E-state index in [9.17, 15) is 0 Å². The van der Waals surface area contributed by atoms with Crippen molar-refractivity contribution in [1.29, 1.82) is 0 Å². The Balaban J connectivity index is 1.93. The Bertz CT molecular complexity index is 749. The van der Waals surface area contributed by atoms with Crippen LogP contribution in [0.25, 0.3) is 11.1 Å². The lowest BCUT2D eigenvalue weighted by molar-refractivity contribution is 1.19. The Morgan fingerprint density at radius 1 is 0.667 bits per heavy atom. The van der Waals surface area contributed by atoms with E-state index in [2.05, 4.69) is 48.5 Å². The first-order valence-corrected chi connectivity index (χ1v) is 7.00. The van der Waals surface area contributed by atoms with E-state index >= 15 is 0 Å². The predicted molar refractivity (Wildman–Crippen MR) is 90.0 cm³/mol. The van der Waals surface area contributed by atoms with Crippen LogP contribution >= 0.6 is 0 Å². The zero-order valence-corrected chi connectivity index (χ0v) is 11.8. The summed E-state index contributed by atoms with van der Waals surface area (Å²) in [6, 6.07) is 24.6. The first-order valence-electron chi connectivity index (χ1n) is 7.00. The molecule has 0 spiro atoms. The van der Waals surface area contributed by atoms with Crippen molar-refractivity contribution >= 4 is 11.4 Å². The number of hydrogen-bond donors (Lipinski definition) is 2. The van der Waals surface area contributed by atoms with Crippen molar-refractivity contribution < 1.29 is 0 Å². The maximum Gasteiger partial charge on any atom is 0.0414 e. The van der Waals surface area contributed by atoms with Gasteiger partial charge in [0.1, 0.15) is 0 Å². The molecule has 3 aromatic carbocycles. The Morgan fingerprint density at radius 3 is 2.19 bits per heavy atom. The van der Waals surface area contributed by atoms with Gasteiger partial charge in [-0.05, 0) is 35.2 Å². The van der Waals surface area contributed by atoms with Gasteiger partial charge in [0.15, 0.2) is 0 Å². The normalized spacial score (nSPS) is 10.5. The Labute approximate surface area is 125 Å². The van der Waals surface area contributed by atoms with Crippen molar-refractivity contribution in [3.05, 3.63) is 83.9 Å². The SMILES string of the molecule is Nc1ccc(-c2cccc(Cc3ccccc3)c2)c(N)c1. The van der Waals surface area contributed by atoms with E-state index in [1.54, 1.807) is 6.07 Å². The molecular weight excluding hydrogens is 256 g/mol. The fourth-order valence-corrected chi connectivity index (χ4v) is 2.52. The van der Waals surface area contributed by atoms with Crippen LogP contribution in [-0.4, -0.2) is 0 Å². The van der Waals surface area contributed by atoms with Crippen molar-refractivity contribution in [1.82, 2.24) is 0 Å². The first-order chi connectivity index (χ1) is 10.2. The summed E-state index contributed by atoms with van der Waals surface area (Å²) in [4.78, 5) is 0. The number of nitrogens with two attached hydrogens (primary N) is 2. The second-order valence-electron chi connectivity index (χ2n) is 5.21. The van der Waals surface area contributed by atoms with Crippen LogP contribution in [0.5, 0.6) is 0 Å². The summed E-state index contributed by atoms with van der Waals surface area (Å²) in [5, 5.41) is 0. The molecule has 0 atom stereocenters. The molecule has 0 unspecified atom stereocenters. The molecule has 2 heteroatoms. The van der Waals surface area contributed by atoms with Crippen LogP contribution in [0.15, 0.2) is 72.8 Å². The van der Waals surface area contributed by atoms with Crippen LogP contribution in [0.1, 0.15) is 11.1 Å². The second kappa shape index (κ2) is 5.71. The summed E-state index contributed by atoms with van der Waals surface area (Å²) >= 11 is 0. The molecule has 0 aromatic heterocycles. The molecule has 0 bridgehead atoms. The summed E-state index contributed by atoms with van der Waals surface area (Å²) in [6.45, 7) is 0. The molecule has 3 aromatic rings. The van der Waals surface area contributed by atoms with Crippen molar-refractivity contribution in [2.45, 2.75) is 6.42 Å². The van der Waals surface area contributed by atoms with E-state index in [1.165, 1.54) is 11.1 Å². The maximum atomic E-state index is 6.08. The molecule has 0 radical (unpaired) electrons. The van der Waals surface area contributed by atoms with Gasteiger partial charge < -0.3 is 11.5 Å². The lowest BCUT2D eigenvalue weighted by atomic mass is 9.98. The van der Waals surface area contributed by atoms with Crippen LogP contribution in [0.2, 0.25) is 0 Å². The van der Waals surface area contributed by atoms with E-state index in [0.29, 0.717) is 11.4 Å². The zero-order valence-electron chi connectivity index (χ0n) is 11.8. The van der Waals surface area contributed by atoms with Crippen LogP contribution in [0.3, 0.4) is 0 Å². The fraction of sp³-hybridized carbons (Fsp3) is 0.0526. The third-order valence-corrected chi connectivity index (χ3v) is 3.56. The monoisotopic (exact) mass is 274 g/mol. The molecule has 0 aliphatic heterocycles. The van der Waals surface area contributed by atoms with Crippen LogP contribution in [0, 0.1) is 0 Å². The molecule has 0 amide bonds. The van der Waals surface area contributed by atoms with E-state index < -0.39 is 0 Å². The van der Waals surface area contributed by atoms with Crippen LogP contribution < -0.4 is 11.5 Å². The summed E-state index contributed by atoms with van der Waals surface area (Å²) in [7, 11) is 0. The molecule has 0 heterocycles. The smallest absolute Gasteiger partial charge is 0.0414 e. The van der Waals surface area contributed by atoms with Gasteiger partial charge in [0, 0.05) is 16.9 Å². The van der Waals surface area contributed by atoms with Crippen molar-refractivity contribution in [3.63, 3.8) is 0 Å². The van der Waals surface area contributed by atoms with Gasteiger partial charge in [0.2, 0.25) is 0 Å². The summed E-state index contributed by atoms with van der Waals surface area (Å²) in [5.41, 5.74) is 18.0. The van der Waals surface area contributed by atoms with Crippen molar-refractivity contribution in [3.8, 4) is 11.1 Å². The van der Waals surface area contributed by atoms with Crippen molar-refractivity contribution in [2.24, 2.45) is 0 Å².